The van der Waals surface area contributed by atoms with Crippen LogP contribution in [-0.2, 0) is 9.53 Å². The molecular weight excluding hydrogens is 236 g/mol. The van der Waals surface area contributed by atoms with Gasteiger partial charge >= 0.3 is 5.97 Å². The van der Waals surface area contributed by atoms with Gasteiger partial charge in [0.15, 0.2) is 5.92 Å². The van der Waals surface area contributed by atoms with E-state index in [2.05, 4.69) is 15.4 Å². The van der Waals surface area contributed by atoms with Gasteiger partial charge in [-0.1, -0.05) is 13.8 Å². The summed E-state index contributed by atoms with van der Waals surface area (Å²) >= 11 is 0. The Morgan fingerprint density at radius 2 is 2.33 bits per heavy atom. The highest BCUT2D eigenvalue weighted by atomic mass is 16.5. The van der Waals surface area contributed by atoms with Gasteiger partial charge in [-0.25, -0.2) is 0 Å². The molecule has 0 spiro atoms. The van der Waals surface area contributed by atoms with E-state index in [0.29, 0.717) is 5.95 Å². The summed E-state index contributed by atoms with van der Waals surface area (Å²) in [6.45, 7) is 5.83. The van der Waals surface area contributed by atoms with Gasteiger partial charge in [-0.15, -0.1) is 0 Å². The van der Waals surface area contributed by atoms with Crippen molar-refractivity contribution in [1.82, 2.24) is 14.8 Å². The maximum atomic E-state index is 12.2. The van der Waals surface area contributed by atoms with Crippen LogP contribution in [0.4, 0.5) is 5.95 Å². The molecule has 0 bridgehead atoms. The van der Waals surface area contributed by atoms with E-state index in [1.165, 1.54) is 6.33 Å². The fourth-order valence-corrected chi connectivity index (χ4v) is 2.05. The minimum absolute atomic E-state index is 0.0915. The molecule has 1 aliphatic heterocycles. The number of rotatable bonds is 3. The molecule has 0 saturated carbocycles. The largest absolute Gasteiger partial charge is 0.465 e. The van der Waals surface area contributed by atoms with Crippen molar-refractivity contribution < 1.29 is 14.3 Å². The lowest BCUT2D eigenvalue weighted by atomic mass is 9.88. The van der Waals surface area contributed by atoms with Crippen molar-refractivity contribution in [2.24, 2.45) is 11.8 Å². The predicted molar refractivity (Wildman–Crippen MR) is 63.0 cm³/mol. The highest BCUT2D eigenvalue weighted by Crippen LogP contribution is 2.25. The van der Waals surface area contributed by atoms with Gasteiger partial charge in [0.05, 0.1) is 12.6 Å². The summed E-state index contributed by atoms with van der Waals surface area (Å²) in [7, 11) is 0. The van der Waals surface area contributed by atoms with Crippen LogP contribution >= 0.6 is 0 Å². The third-order valence-corrected chi connectivity index (χ3v) is 2.94. The molecule has 98 valence electrons. The first-order chi connectivity index (χ1) is 8.56. The molecule has 7 heteroatoms. The van der Waals surface area contributed by atoms with Crippen molar-refractivity contribution in [2.75, 3.05) is 11.9 Å². The van der Waals surface area contributed by atoms with Crippen molar-refractivity contribution in [3.63, 3.8) is 0 Å². The van der Waals surface area contributed by atoms with Crippen LogP contribution in [0.1, 0.15) is 25.6 Å². The standard InChI is InChI=1S/C11H16N4O3/c1-4-18-10(17)7-8(6(2)3)14-11-12-5-13-15(11)9(7)16/h5-8H,4H2,1-3H3,(H,12,13,14). The van der Waals surface area contributed by atoms with E-state index in [1.807, 2.05) is 13.8 Å². The van der Waals surface area contributed by atoms with Crippen LogP contribution < -0.4 is 5.32 Å². The van der Waals surface area contributed by atoms with E-state index in [-0.39, 0.29) is 18.6 Å². The number of nitrogens with one attached hydrogen (secondary N) is 1. The minimum Gasteiger partial charge on any atom is -0.465 e. The Morgan fingerprint density at radius 3 is 2.94 bits per heavy atom. The fraction of sp³-hybridized carbons (Fsp3) is 0.636. The number of ether oxygens (including phenoxy) is 1. The Kier molecular flexibility index (Phi) is 3.31. The lowest BCUT2D eigenvalue weighted by molar-refractivity contribution is -0.147. The number of nitrogens with zero attached hydrogens (tertiary/aromatic N) is 3. The molecular formula is C11H16N4O3. The van der Waals surface area contributed by atoms with Crippen LogP contribution in [0.3, 0.4) is 0 Å². The van der Waals surface area contributed by atoms with Gasteiger partial charge in [0, 0.05) is 0 Å². The molecule has 0 aliphatic carbocycles. The second kappa shape index (κ2) is 4.75. The molecule has 2 heterocycles. The van der Waals surface area contributed by atoms with Crippen LogP contribution in [0.25, 0.3) is 0 Å². The van der Waals surface area contributed by atoms with Gasteiger partial charge in [-0.2, -0.15) is 14.8 Å². The van der Waals surface area contributed by atoms with Crippen LogP contribution in [0.5, 0.6) is 0 Å². The molecule has 0 fully saturated rings. The number of fused-ring (bicyclic) bond motifs is 1. The molecule has 1 aromatic rings. The van der Waals surface area contributed by atoms with Crippen molar-refractivity contribution in [3.05, 3.63) is 6.33 Å². The third kappa shape index (κ3) is 1.96. The van der Waals surface area contributed by atoms with Crippen LogP contribution in [0, 0.1) is 11.8 Å². The number of esters is 1. The zero-order valence-electron chi connectivity index (χ0n) is 10.6. The second-order valence-corrected chi connectivity index (χ2v) is 4.48. The van der Waals surface area contributed by atoms with Gasteiger partial charge < -0.3 is 10.1 Å². The number of carbonyl (C=O) groups is 2. The van der Waals surface area contributed by atoms with E-state index < -0.39 is 17.8 Å². The molecule has 7 nitrogen and oxygen atoms in total. The minimum atomic E-state index is -0.876. The zero-order chi connectivity index (χ0) is 13.3. The normalized spacial score (nSPS) is 22.6. The summed E-state index contributed by atoms with van der Waals surface area (Å²) < 4.78 is 6.07. The SMILES string of the molecule is CCOC(=O)C1C(=O)n2ncnc2NC1C(C)C. The number of anilines is 1. The van der Waals surface area contributed by atoms with E-state index in [9.17, 15) is 9.59 Å². The van der Waals surface area contributed by atoms with Crippen molar-refractivity contribution in [2.45, 2.75) is 26.8 Å². The predicted octanol–water partition coefficient (Wildman–Crippen LogP) is 0.548. The number of aromatic nitrogens is 3. The van der Waals surface area contributed by atoms with Crippen molar-refractivity contribution in [1.29, 1.82) is 0 Å². The molecule has 0 saturated heterocycles. The summed E-state index contributed by atoms with van der Waals surface area (Å²) in [5.41, 5.74) is 0. The lowest BCUT2D eigenvalue weighted by Crippen LogP contribution is -2.50. The molecule has 18 heavy (non-hydrogen) atoms. The van der Waals surface area contributed by atoms with Crippen molar-refractivity contribution in [3.8, 4) is 0 Å². The molecule has 2 unspecified atom stereocenters. The monoisotopic (exact) mass is 252 g/mol. The summed E-state index contributed by atoms with van der Waals surface area (Å²) in [6.07, 6.45) is 1.28. The van der Waals surface area contributed by atoms with Gasteiger partial charge in [-0.3, -0.25) is 9.59 Å². The zero-order valence-corrected chi connectivity index (χ0v) is 10.6. The van der Waals surface area contributed by atoms with Crippen LogP contribution in [-0.4, -0.2) is 39.3 Å². The summed E-state index contributed by atoms with van der Waals surface area (Å²) in [5.74, 6) is -1.32. The summed E-state index contributed by atoms with van der Waals surface area (Å²) in [4.78, 5) is 28.1. The molecule has 0 aromatic carbocycles. The Hall–Kier alpha value is -1.92. The molecule has 1 N–H and O–H groups in total. The molecule has 2 rings (SSSR count). The maximum Gasteiger partial charge on any atom is 0.320 e. The first kappa shape index (κ1) is 12.5. The molecule has 2 atom stereocenters. The Bertz CT molecular complexity index is 469. The third-order valence-electron chi connectivity index (χ3n) is 2.94. The number of hydrogen-bond acceptors (Lipinski definition) is 6. The Labute approximate surface area is 105 Å². The molecule has 0 radical (unpaired) electrons. The molecule has 1 aliphatic rings. The first-order valence-corrected chi connectivity index (χ1v) is 5.93. The summed E-state index contributed by atoms with van der Waals surface area (Å²) in [6, 6.07) is -0.326. The average Bonchev–Trinajstić information content (AvgIpc) is 2.77. The smallest absolute Gasteiger partial charge is 0.320 e. The van der Waals surface area contributed by atoms with Gasteiger partial charge in [0.25, 0.3) is 5.91 Å². The van der Waals surface area contributed by atoms with Gasteiger partial charge in [-0.05, 0) is 12.8 Å². The average molecular weight is 252 g/mol. The van der Waals surface area contributed by atoms with Gasteiger partial charge in [0.2, 0.25) is 5.95 Å². The van der Waals surface area contributed by atoms with Crippen LogP contribution in [0.15, 0.2) is 6.33 Å². The Balaban J connectivity index is 2.36. The van der Waals surface area contributed by atoms with E-state index >= 15 is 0 Å². The maximum absolute atomic E-state index is 12.2. The number of hydrogen-bond donors (Lipinski definition) is 1. The van der Waals surface area contributed by atoms with Crippen LogP contribution in [0.2, 0.25) is 0 Å². The fourth-order valence-electron chi connectivity index (χ4n) is 2.05. The van der Waals surface area contributed by atoms with Gasteiger partial charge in [0.1, 0.15) is 6.33 Å². The quantitative estimate of drug-likeness (QED) is 0.624. The topological polar surface area (TPSA) is 86.1 Å². The molecule has 0 amide bonds. The summed E-state index contributed by atoms with van der Waals surface area (Å²) in [5, 5.41) is 6.87. The Morgan fingerprint density at radius 1 is 1.61 bits per heavy atom. The van der Waals surface area contributed by atoms with E-state index in [4.69, 9.17) is 4.74 Å². The highest BCUT2D eigenvalue weighted by molar-refractivity contribution is 6.02. The number of carbonyl (C=O) groups excluding carboxylic acids is 2. The lowest BCUT2D eigenvalue weighted by Gasteiger charge is -2.32. The van der Waals surface area contributed by atoms with Crippen molar-refractivity contribution >= 4 is 17.8 Å². The highest BCUT2D eigenvalue weighted by Gasteiger charge is 2.43. The second-order valence-electron chi connectivity index (χ2n) is 4.48. The van der Waals surface area contributed by atoms with E-state index in [0.717, 1.165) is 4.68 Å². The molecule has 1 aromatic heterocycles. The van der Waals surface area contributed by atoms with E-state index in [1.54, 1.807) is 6.92 Å². The first-order valence-electron chi connectivity index (χ1n) is 5.93.